The number of methoxy groups -OCH3 is 1. The average Bonchev–Trinajstić information content (AvgIpc) is 3.03. The fourth-order valence-electron chi connectivity index (χ4n) is 3.80. The molecule has 1 aromatic rings. The van der Waals surface area contributed by atoms with Gasteiger partial charge < -0.3 is 14.1 Å². The minimum atomic E-state index is 0.180. The van der Waals surface area contributed by atoms with E-state index in [1.807, 2.05) is 17.0 Å². The van der Waals surface area contributed by atoms with E-state index in [0.29, 0.717) is 12.3 Å². The van der Waals surface area contributed by atoms with E-state index < -0.39 is 0 Å². The molecule has 0 radical (unpaired) electrons. The topological polar surface area (TPSA) is 42.7 Å². The second-order valence-corrected chi connectivity index (χ2v) is 5.91. The third-order valence-electron chi connectivity index (χ3n) is 4.73. The van der Waals surface area contributed by atoms with Crippen molar-refractivity contribution in [1.29, 1.82) is 0 Å². The van der Waals surface area contributed by atoms with Gasteiger partial charge in [-0.3, -0.25) is 4.79 Å². The number of hydrogen-bond acceptors (Lipinski definition) is 3. The van der Waals surface area contributed by atoms with Gasteiger partial charge in [0.2, 0.25) is 5.91 Å². The number of carbonyl (C=O) groups excluding carboxylic acids is 1. The number of rotatable bonds is 4. The molecular weight excluding hydrogens is 242 g/mol. The molecule has 19 heavy (non-hydrogen) atoms. The molecule has 1 saturated heterocycles. The SMILES string of the molecule is COC[C@@]12CCC[C@@H]1CN(C(=O)Cc1ccco1)C2. The van der Waals surface area contributed by atoms with Crippen molar-refractivity contribution in [3.8, 4) is 0 Å². The van der Waals surface area contributed by atoms with Gasteiger partial charge in [0.15, 0.2) is 0 Å². The molecule has 104 valence electrons. The quantitative estimate of drug-likeness (QED) is 0.835. The van der Waals surface area contributed by atoms with Crippen LogP contribution < -0.4 is 0 Å². The molecule has 0 unspecified atom stereocenters. The van der Waals surface area contributed by atoms with Gasteiger partial charge in [0.25, 0.3) is 0 Å². The van der Waals surface area contributed by atoms with Gasteiger partial charge in [-0.05, 0) is 30.9 Å². The summed E-state index contributed by atoms with van der Waals surface area (Å²) in [5.41, 5.74) is 0.216. The maximum absolute atomic E-state index is 12.3. The number of amides is 1. The second-order valence-electron chi connectivity index (χ2n) is 5.91. The van der Waals surface area contributed by atoms with Crippen molar-refractivity contribution >= 4 is 5.91 Å². The zero-order valence-corrected chi connectivity index (χ0v) is 11.4. The zero-order chi connectivity index (χ0) is 13.3. The van der Waals surface area contributed by atoms with Crippen LogP contribution in [0.2, 0.25) is 0 Å². The lowest BCUT2D eigenvalue weighted by Gasteiger charge is -2.27. The summed E-state index contributed by atoms with van der Waals surface area (Å²) in [5, 5.41) is 0. The van der Waals surface area contributed by atoms with Crippen LogP contribution in [-0.4, -0.2) is 37.6 Å². The molecule has 1 amide bonds. The van der Waals surface area contributed by atoms with Crippen molar-refractivity contribution in [2.24, 2.45) is 11.3 Å². The molecule has 0 spiro atoms. The highest BCUT2D eigenvalue weighted by Gasteiger charge is 2.50. The smallest absolute Gasteiger partial charge is 0.230 e. The van der Waals surface area contributed by atoms with Gasteiger partial charge in [0.05, 0.1) is 19.3 Å². The Hall–Kier alpha value is -1.29. The molecule has 2 fully saturated rings. The molecule has 2 atom stereocenters. The maximum atomic E-state index is 12.3. The minimum absolute atomic E-state index is 0.180. The highest BCUT2D eigenvalue weighted by Crippen LogP contribution is 2.48. The Bertz CT molecular complexity index is 442. The number of hydrogen-bond donors (Lipinski definition) is 0. The van der Waals surface area contributed by atoms with E-state index in [2.05, 4.69) is 0 Å². The molecule has 1 aliphatic heterocycles. The summed E-state index contributed by atoms with van der Waals surface area (Å²) in [5.74, 6) is 1.55. The summed E-state index contributed by atoms with van der Waals surface area (Å²) in [6.07, 6.45) is 5.69. The summed E-state index contributed by atoms with van der Waals surface area (Å²) < 4.78 is 10.7. The van der Waals surface area contributed by atoms with E-state index in [4.69, 9.17) is 9.15 Å². The maximum Gasteiger partial charge on any atom is 0.230 e. The molecule has 2 aliphatic rings. The van der Waals surface area contributed by atoms with E-state index in [1.165, 1.54) is 19.3 Å². The predicted molar refractivity (Wildman–Crippen MR) is 70.6 cm³/mol. The Morgan fingerprint density at radius 1 is 1.63 bits per heavy atom. The highest BCUT2D eigenvalue weighted by atomic mass is 16.5. The van der Waals surface area contributed by atoms with Crippen LogP contribution in [0.4, 0.5) is 0 Å². The van der Waals surface area contributed by atoms with Crippen molar-refractivity contribution in [2.75, 3.05) is 26.8 Å². The number of nitrogens with zero attached hydrogens (tertiary/aromatic N) is 1. The molecule has 4 nitrogen and oxygen atoms in total. The Balaban J connectivity index is 1.66. The van der Waals surface area contributed by atoms with Crippen LogP contribution >= 0.6 is 0 Å². The third-order valence-corrected chi connectivity index (χ3v) is 4.73. The molecular formula is C15H21NO3. The molecule has 0 aromatic carbocycles. The first-order valence-electron chi connectivity index (χ1n) is 7.03. The highest BCUT2D eigenvalue weighted by molar-refractivity contribution is 5.78. The van der Waals surface area contributed by atoms with Crippen molar-refractivity contribution in [1.82, 2.24) is 4.90 Å². The zero-order valence-electron chi connectivity index (χ0n) is 11.4. The fraction of sp³-hybridized carbons (Fsp3) is 0.667. The van der Waals surface area contributed by atoms with Crippen LogP contribution in [0.15, 0.2) is 22.8 Å². The van der Waals surface area contributed by atoms with Gasteiger partial charge in [-0.2, -0.15) is 0 Å². The van der Waals surface area contributed by atoms with E-state index in [9.17, 15) is 4.79 Å². The Morgan fingerprint density at radius 2 is 2.53 bits per heavy atom. The van der Waals surface area contributed by atoms with E-state index in [-0.39, 0.29) is 11.3 Å². The fourth-order valence-corrected chi connectivity index (χ4v) is 3.80. The summed E-state index contributed by atoms with van der Waals surface area (Å²) in [6.45, 7) is 2.52. The molecule has 1 aliphatic carbocycles. The summed E-state index contributed by atoms with van der Waals surface area (Å²) in [6, 6.07) is 3.69. The van der Waals surface area contributed by atoms with E-state index >= 15 is 0 Å². The lowest BCUT2D eigenvalue weighted by atomic mass is 9.82. The van der Waals surface area contributed by atoms with Gasteiger partial charge >= 0.3 is 0 Å². The van der Waals surface area contributed by atoms with Crippen LogP contribution in [0.3, 0.4) is 0 Å². The Morgan fingerprint density at radius 3 is 3.26 bits per heavy atom. The summed E-state index contributed by atoms with van der Waals surface area (Å²) in [7, 11) is 1.76. The van der Waals surface area contributed by atoms with Gasteiger partial charge in [-0.15, -0.1) is 0 Å². The van der Waals surface area contributed by atoms with Crippen molar-refractivity contribution in [3.05, 3.63) is 24.2 Å². The van der Waals surface area contributed by atoms with Crippen LogP contribution in [-0.2, 0) is 16.0 Å². The lowest BCUT2D eigenvalue weighted by molar-refractivity contribution is -0.130. The Kier molecular flexibility index (Phi) is 3.35. The van der Waals surface area contributed by atoms with Gasteiger partial charge in [-0.25, -0.2) is 0 Å². The minimum Gasteiger partial charge on any atom is -0.469 e. The molecule has 1 saturated carbocycles. The molecule has 0 N–H and O–H groups in total. The van der Waals surface area contributed by atoms with Crippen LogP contribution in [0.5, 0.6) is 0 Å². The number of fused-ring (bicyclic) bond motifs is 1. The molecule has 1 aromatic heterocycles. The number of ether oxygens (including phenoxy) is 1. The van der Waals surface area contributed by atoms with Crippen molar-refractivity contribution in [3.63, 3.8) is 0 Å². The monoisotopic (exact) mass is 263 g/mol. The van der Waals surface area contributed by atoms with E-state index in [0.717, 1.165) is 25.5 Å². The van der Waals surface area contributed by atoms with Gasteiger partial charge in [0, 0.05) is 25.6 Å². The number of furan rings is 1. The van der Waals surface area contributed by atoms with Crippen molar-refractivity contribution < 1.29 is 13.9 Å². The Labute approximate surface area is 113 Å². The molecule has 0 bridgehead atoms. The van der Waals surface area contributed by atoms with Crippen molar-refractivity contribution in [2.45, 2.75) is 25.7 Å². The first-order chi connectivity index (χ1) is 9.23. The number of likely N-dealkylation sites (tertiary alicyclic amines) is 1. The lowest BCUT2D eigenvalue weighted by Crippen LogP contribution is -2.35. The molecule has 4 heteroatoms. The first kappa shape index (κ1) is 12.7. The van der Waals surface area contributed by atoms with Crippen LogP contribution in [0.25, 0.3) is 0 Å². The predicted octanol–water partition coefficient (Wildman–Crippen LogP) is 2.10. The normalized spacial score (nSPS) is 29.7. The van der Waals surface area contributed by atoms with E-state index in [1.54, 1.807) is 13.4 Å². The average molecular weight is 263 g/mol. The molecule has 3 rings (SSSR count). The summed E-state index contributed by atoms with van der Waals surface area (Å²) in [4.78, 5) is 14.3. The standard InChI is InChI=1S/C15H21NO3/c1-18-11-15-6-2-4-12(15)9-16(10-15)14(17)8-13-5-3-7-19-13/h3,5,7,12H,2,4,6,8-11H2,1H3/t12-,15+/m1/s1. The second kappa shape index (κ2) is 5.00. The van der Waals surface area contributed by atoms with Crippen LogP contribution in [0, 0.1) is 11.3 Å². The number of carbonyl (C=O) groups is 1. The third kappa shape index (κ3) is 2.29. The summed E-state index contributed by atoms with van der Waals surface area (Å²) >= 11 is 0. The van der Waals surface area contributed by atoms with Crippen LogP contribution in [0.1, 0.15) is 25.0 Å². The molecule has 2 heterocycles. The van der Waals surface area contributed by atoms with Gasteiger partial charge in [-0.1, -0.05) is 6.42 Å². The van der Waals surface area contributed by atoms with Gasteiger partial charge in [0.1, 0.15) is 5.76 Å². The first-order valence-corrected chi connectivity index (χ1v) is 7.03. The largest absolute Gasteiger partial charge is 0.469 e.